The molecule has 5 heteroatoms. The molecule has 2 aliphatic rings. The SMILES string of the molecule is Cc1nn(C)c(C)c1C1CCN=C2NCCN21. The quantitative estimate of drug-likeness (QED) is 0.778. The van der Waals surface area contributed by atoms with E-state index in [2.05, 4.69) is 34.2 Å². The summed E-state index contributed by atoms with van der Waals surface area (Å²) in [5, 5.41) is 7.88. The Morgan fingerprint density at radius 1 is 1.35 bits per heavy atom. The molecule has 0 aliphatic carbocycles. The van der Waals surface area contributed by atoms with Crippen molar-refractivity contribution in [2.45, 2.75) is 26.3 Å². The molecule has 1 fully saturated rings. The van der Waals surface area contributed by atoms with Crippen LogP contribution >= 0.6 is 0 Å². The van der Waals surface area contributed by atoms with Crippen LogP contribution in [0.25, 0.3) is 0 Å². The molecule has 0 radical (unpaired) electrons. The third kappa shape index (κ3) is 1.52. The number of nitrogens with zero attached hydrogens (tertiary/aromatic N) is 4. The molecule has 1 unspecified atom stereocenters. The van der Waals surface area contributed by atoms with Gasteiger partial charge in [-0.05, 0) is 20.3 Å². The highest BCUT2D eigenvalue weighted by atomic mass is 15.4. The summed E-state index contributed by atoms with van der Waals surface area (Å²) in [4.78, 5) is 6.93. The van der Waals surface area contributed by atoms with Gasteiger partial charge in [0.1, 0.15) is 0 Å². The van der Waals surface area contributed by atoms with Gasteiger partial charge in [-0.1, -0.05) is 0 Å². The van der Waals surface area contributed by atoms with Gasteiger partial charge in [0.05, 0.1) is 11.7 Å². The van der Waals surface area contributed by atoms with Gasteiger partial charge in [0.2, 0.25) is 0 Å². The highest BCUT2D eigenvalue weighted by molar-refractivity contribution is 5.83. The van der Waals surface area contributed by atoms with Crippen LogP contribution in [0.4, 0.5) is 0 Å². The zero-order valence-corrected chi connectivity index (χ0v) is 10.7. The standard InChI is InChI=1S/C12H19N5/c1-8-11(9(2)16(3)15-8)10-4-5-13-12-14-6-7-17(10)12/h10H,4-7H2,1-3H3,(H,13,14). The summed E-state index contributed by atoms with van der Waals surface area (Å²) >= 11 is 0. The average Bonchev–Trinajstić information content (AvgIpc) is 2.85. The predicted molar refractivity (Wildman–Crippen MR) is 67.1 cm³/mol. The third-order valence-electron chi connectivity index (χ3n) is 3.85. The van der Waals surface area contributed by atoms with Gasteiger partial charge >= 0.3 is 0 Å². The number of aryl methyl sites for hydroxylation is 2. The molecule has 92 valence electrons. The smallest absolute Gasteiger partial charge is 0.194 e. The largest absolute Gasteiger partial charge is 0.354 e. The molecule has 0 amide bonds. The molecule has 1 aromatic rings. The van der Waals surface area contributed by atoms with Crippen LogP contribution in [0.2, 0.25) is 0 Å². The molecule has 1 saturated heterocycles. The Balaban J connectivity index is 2.01. The number of aromatic nitrogens is 2. The first-order chi connectivity index (χ1) is 8.18. The zero-order chi connectivity index (χ0) is 12.0. The molecule has 3 rings (SSSR count). The van der Waals surface area contributed by atoms with Crippen molar-refractivity contribution in [3.63, 3.8) is 0 Å². The van der Waals surface area contributed by atoms with Crippen molar-refractivity contribution in [1.82, 2.24) is 20.0 Å². The van der Waals surface area contributed by atoms with Crippen LogP contribution in [-0.4, -0.2) is 40.3 Å². The summed E-state index contributed by atoms with van der Waals surface area (Å²) in [5.41, 5.74) is 3.83. The Morgan fingerprint density at radius 2 is 2.18 bits per heavy atom. The Morgan fingerprint density at radius 3 is 2.88 bits per heavy atom. The number of hydrogen-bond donors (Lipinski definition) is 1. The Labute approximate surface area is 102 Å². The highest BCUT2D eigenvalue weighted by Crippen LogP contribution is 2.32. The first-order valence-electron chi connectivity index (χ1n) is 6.23. The summed E-state index contributed by atoms with van der Waals surface area (Å²) in [5.74, 6) is 1.07. The maximum absolute atomic E-state index is 4.54. The van der Waals surface area contributed by atoms with E-state index in [4.69, 9.17) is 0 Å². The van der Waals surface area contributed by atoms with Crippen LogP contribution in [0.5, 0.6) is 0 Å². The minimum absolute atomic E-state index is 0.450. The summed E-state index contributed by atoms with van der Waals surface area (Å²) in [6, 6.07) is 0.450. The lowest BCUT2D eigenvalue weighted by Crippen LogP contribution is -2.38. The second-order valence-corrected chi connectivity index (χ2v) is 4.84. The van der Waals surface area contributed by atoms with Crippen LogP contribution in [0.1, 0.15) is 29.4 Å². The van der Waals surface area contributed by atoms with Crippen molar-refractivity contribution >= 4 is 5.96 Å². The zero-order valence-electron chi connectivity index (χ0n) is 10.7. The maximum Gasteiger partial charge on any atom is 0.194 e. The lowest BCUT2D eigenvalue weighted by atomic mass is 9.99. The fourth-order valence-corrected chi connectivity index (χ4v) is 2.97. The predicted octanol–water partition coefficient (Wildman–Crippen LogP) is 0.743. The van der Waals surface area contributed by atoms with Crippen molar-refractivity contribution in [2.75, 3.05) is 19.6 Å². The van der Waals surface area contributed by atoms with E-state index < -0.39 is 0 Å². The summed E-state index contributed by atoms with van der Waals surface area (Å²) in [6.45, 7) is 7.24. The average molecular weight is 233 g/mol. The Kier molecular flexibility index (Phi) is 2.34. The van der Waals surface area contributed by atoms with Crippen LogP contribution in [-0.2, 0) is 7.05 Å². The summed E-state index contributed by atoms with van der Waals surface area (Å²) in [6.07, 6.45) is 1.10. The number of fused-ring (bicyclic) bond motifs is 1. The Hall–Kier alpha value is -1.52. The topological polar surface area (TPSA) is 45.5 Å². The Bertz CT molecular complexity index is 473. The van der Waals surface area contributed by atoms with Crippen LogP contribution in [0.3, 0.4) is 0 Å². The molecular weight excluding hydrogens is 214 g/mol. The molecule has 2 aliphatic heterocycles. The number of aliphatic imine (C=N–C) groups is 1. The van der Waals surface area contributed by atoms with Gasteiger partial charge in [0.25, 0.3) is 0 Å². The van der Waals surface area contributed by atoms with E-state index >= 15 is 0 Å². The van der Waals surface area contributed by atoms with Crippen LogP contribution < -0.4 is 5.32 Å². The van der Waals surface area contributed by atoms with Crippen molar-refractivity contribution in [3.8, 4) is 0 Å². The van der Waals surface area contributed by atoms with Gasteiger partial charge in [-0.3, -0.25) is 9.67 Å². The molecular formula is C12H19N5. The van der Waals surface area contributed by atoms with Gasteiger partial charge in [-0.25, -0.2) is 0 Å². The van der Waals surface area contributed by atoms with Crippen molar-refractivity contribution in [1.29, 1.82) is 0 Å². The first-order valence-corrected chi connectivity index (χ1v) is 6.23. The summed E-state index contributed by atoms with van der Waals surface area (Å²) < 4.78 is 1.99. The van der Waals surface area contributed by atoms with E-state index in [1.807, 2.05) is 11.7 Å². The fourth-order valence-electron chi connectivity index (χ4n) is 2.97. The van der Waals surface area contributed by atoms with Crippen LogP contribution in [0, 0.1) is 13.8 Å². The fraction of sp³-hybridized carbons (Fsp3) is 0.667. The minimum atomic E-state index is 0.450. The lowest BCUT2D eigenvalue weighted by molar-refractivity contribution is 0.312. The summed E-state index contributed by atoms with van der Waals surface area (Å²) in [7, 11) is 2.02. The molecule has 3 heterocycles. The van der Waals surface area contributed by atoms with Gasteiger partial charge in [0.15, 0.2) is 5.96 Å². The second-order valence-electron chi connectivity index (χ2n) is 4.84. The minimum Gasteiger partial charge on any atom is -0.354 e. The first kappa shape index (κ1) is 10.6. The third-order valence-corrected chi connectivity index (χ3v) is 3.85. The van der Waals surface area contributed by atoms with E-state index in [9.17, 15) is 0 Å². The monoisotopic (exact) mass is 233 g/mol. The molecule has 1 atom stereocenters. The van der Waals surface area contributed by atoms with Crippen molar-refractivity contribution < 1.29 is 0 Å². The number of guanidine groups is 1. The second kappa shape index (κ2) is 3.75. The molecule has 0 aromatic carbocycles. The van der Waals surface area contributed by atoms with E-state index in [-0.39, 0.29) is 0 Å². The lowest BCUT2D eigenvalue weighted by Gasteiger charge is -2.32. The van der Waals surface area contributed by atoms with Gasteiger partial charge in [-0.15, -0.1) is 0 Å². The number of rotatable bonds is 1. The number of nitrogens with one attached hydrogen (secondary N) is 1. The number of hydrogen-bond acceptors (Lipinski definition) is 4. The molecule has 5 nitrogen and oxygen atoms in total. The molecule has 1 aromatic heterocycles. The van der Waals surface area contributed by atoms with Crippen LogP contribution in [0.15, 0.2) is 4.99 Å². The van der Waals surface area contributed by atoms with Gasteiger partial charge < -0.3 is 10.2 Å². The molecule has 1 N–H and O–H groups in total. The normalized spacial score (nSPS) is 23.4. The van der Waals surface area contributed by atoms with E-state index in [0.29, 0.717) is 6.04 Å². The van der Waals surface area contributed by atoms with E-state index in [0.717, 1.165) is 37.7 Å². The van der Waals surface area contributed by atoms with E-state index in [1.165, 1.54) is 11.3 Å². The van der Waals surface area contributed by atoms with E-state index in [1.54, 1.807) is 0 Å². The molecule has 0 bridgehead atoms. The highest BCUT2D eigenvalue weighted by Gasteiger charge is 2.33. The molecule has 0 saturated carbocycles. The molecule has 0 spiro atoms. The van der Waals surface area contributed by atoms with Crippen molar-refractivity contribution in [3.05, 3.63) is 17.0 Å². The maximum atomic E-state index is 4.54. The molecule has 17 heavy (non-hydrogen) atoms. The van der Waals surface area contributed by atoms with Crippen molar-refractivity contribution in [2.24, 2.45) is 12.0 Å². The van der Waals surface area contributed by atoms with Gasteiger partial charge in [0, 0.05) is 37.9 Å². The van der Waals surface area contributed by atoms with Gasteiger partial charge in [-0.2, -0.15) is 5.10 Å².